The summed E-state index contributed by atoms with van der Waals surface area (Å²) in [4.78, 5) is 4.23. The highest BCUT2D eigenvalue weighted by molar-refractivity contribution is 5.28. The van der Waals surface area contributed by atoms with Crippen LogP contribution in [0.1, 0.15) is 51.0 Å². The van der Waals surface area contributed by atoms with Gasteiger partial charge in [-0.05, 0) is 37.5 Å². The van der Waals surface area contributed by atoms with Crippen molar-refractivity contribution in [1.82, 2.24) is 14.8 Å². The highest BCUT2D eigenvalue weighted by atomic mass is 16.5. The number of ether oxygens (including phenoxy) is 1. The van der Waals surface area contributed by atoms with E-state index in [9.17, 15) is 0 Å². The topological polar surface area (TPSA) is 39.9 Å². The first-order valence-corrected chi connectivity index (χ1v) is 6.69. The van der Waals surface area contributed by atoms with Gasteiger partial charge in [-0.1, -0.05) is 26.0 Å². The van der Waals surface area contributed by atoms with Crippen molar-refractivity contribution in [3.8, 4) is 5.75 Å². The second-order valence-electron chi connectivity index (χ2n) is 5.23. The predicted octanol–water partition coefficient (Wildman–Crippen LogP) is 3.56. The van der Waals surface area contributed by atoms with Crippen molar-refractivity contribution in [1.29, 1.82) is 0 Å². The van der Waals surface area contributed by atoms with E-state index < -0.39 is 0 Å². The average Bonchev–Trinajstić information content (AvgIpc) is 2.85. The third-order valence-corrected chi connectivity index (χ3v) is 3.05. The number of aromatic nitrogens is 3. The van der Waals surface area contributed by atoms with E-state index in [1.807, 2.05) is 16.8 Å². The highest BCUT2D eigenvalue weighted by Gasteiger charge is 2.08. The van der Waals surface area contributed by atoms with Crippen LogP contribution in [0.25, 0.3) is 0 Å². The molecule has 0 aliphatic carbocycles. The van der Waals surface area contributed by atoms with Crippen molar-refractivity contribution in [3.05, 3.63) is 42.0 Å². The summed E-state index contributed by atoms with van der Waals surface area (Å²) in [6, 6.07) is 8.52. The van der Waals surface area contributed by atoms with Crippen LogP contribution >= 0.6 is 0 Å². The Bertz CT molecular complexity index is 514. The molecule has 2 aromatic rings. The normalized spacial score (nSPS) is 11.3. The lowest BCUT2D eigenvalue weighted by molar-refractivity contribution is 0.282. The van der Waals surface area contributed by atoms with Gasteiger partial charge in [-0.25, -0.2) is 9.67 Å². The molecule has 0 saturated heterocycles. The van der Waals surface area contributed by atoms with Crippen LogP contribution in [0.2, 0.25) is 0 Å². The Hall–Kier alpha value is -1.84. The fourth-order valence-corrected chi connectivity index (χ4v) is 1.91. The van der Waals surface area contributed by atoms with E-state index in [2.05, 4.69) is 49.9 Å². The van der Waals surface area contributed by atoms with Crippen LogP contribution in [0.3, 0.4) is 0 Å². The van der Waals surface area contributed by atoms with E-state index in [1.165, 1.54) is 5.56 Å². The fraction of sp³-hybridized carbons (Fsp3) is 0.467. The molecule has 0 spiro atoms. The number of hydrogen-bond acceptors (Lipinski definition) is 3. The van der Waals surface area contributed by atoms with Crippen LogP contribution in [-0.4, -0.2) is 14.8 Å². The standard InChI is InChI=1S/C15H21N3O/c1-11(2)13-5-7-14(8-6-13)19-9-15-16-10-17-18(15)12(3)4/h5-8,10-12H,9H2,1-4H3. The first-order chi connectivity index (χ1) is 9.08. The monoisotopic (exact) mass is 259 g/mol. The molecule has 19 heavy (non-hydrogen) atoms. The Labute approximate surface area is 114 Å². The van der Waals surface area contributed by atoms with Crippen molar-refractivity contribution < 1.29 is 4.74 Å². The van der Waals surface area contributed by atoms with Crippen LogP contribution in [0.4, 0.5) is 0 Å². The molecule has 0 atom stereocenters. The third-order valence-electron chi connectivity index (χ3n) is 3.05. The van der Waals surface area contributed by atoms with E-state index >= 15 is 0 Å². The van der Waals surface area contributed by atoms with Crippen LogP contribution < -0.4 is 4.74 Å². The molecule has 102 valence electrons. The van der Waals surface area contributed by atoms with Gasteiger partial charge >= 0.3 is 0 Å². The Morgan fingerprint density at radius 1 is 1.11 bits per heavy atom. The van der Waals surface area contributed by atoms with E-state index in [4.69, 9.17) is 4.74 Å². The fourth-order valence-electron chi connectivity index (χ4n) is 1.91. The molecule has 1 heterocycles. The van der Waals surface area contributed by atoms with Gasteiger partial charge in [-0.2, -0.15) is 5.10 Å². The molecule has 4 nitrogen and oxygen atoms in total. The summed E-state index contributed by atoms with van der Waals surface area (Å²) in [6.45, 7) is 8.96. The lowest BCUT2D eigenvalue weighted by atomic mass is 10.0. The second kappa shape index (κ2) is 5.87. The zero-order valence-corrected chi connectivity index (χ0v) is 12.0. The van der Waals surface area contributed by atoms with Gasteiger partial charge in [0.25, 0.3) is 0 Å². The molecule has 1 aromatic heterocycles. The maximum atomic E-state index is 5.75. The Balaban J connectivity index is 2.00. The summed E-state index contributed by atoms with van der Waals surface area (Å²) in [5, 5.41) is 4.19. The molecular formula is C15H21N3O. The maximum absolute atomic E-state index is 5.75. The minimum absolute atomic E-state index is 0.296. The SMILES string of the molecule is CC(C)c1ccc(OCc2ncnn2C(C)C)cc1. The van der Waals surface area contributed by atoms with Crippen molar-refractivity contribution in [3.63, 3.8) is 0 Å². The zero-order valence-electron chi connectivity index (χ0n) is 12.0. The molecule has 0 radical (unpaired) electrons. The Morgan fingerprint density at radius 2 is 1.79 bits per heavy atom. The quantitative estimate of drug-likeness (QED) is 0.824. The number of hydrogen-bond donors (Lipinski definition) is 0. The zero-order chi connectivity index (χ0) is 13.8. The van der Waals surface area contributed by atoms with Crippen LogP contribution in [0, 0.1) is 0 Å². The number of benzene rings is 1. The summed E-state index contributed by atoms with van der Waals surface area (Å²) in [5.74, 6) is 2.25. The van der Waals surface area contributed by atoms with Crippen LogP contribution in [0.15, 0.2) is 30.6 Å². The molecule has 4 heteroatoms. The largest absolute Gasteiger partial charge is 0.486 e. The van der Waals surface area contributed by atoms with Crippen molar-refractivity contribution in [2.75, 3.05) is 0 Å². The first kappa shape index (κ1) is 13.6. The lowest BCUT2D eigenvalue weighted by Crippen LogP contribution is -2.10. The lowest BCUT2D eigenvalue weighted by Gasteiger charge is -2.11. The average molecular weight is 259 g/mol. The molecule has 0 amide bonds. The van der Waals surface area contributed by atoms with Gasteiger partial charge < -0.3 is 4.74 Å². The summed E-state index contributed by atoms with van der Waals surface area (Å²) >= 11 is 0. The molecule has 0 aliphatic heterocycles. The highest BCUT2D eigenvalue weighted by Crippen LogP contribution is 2.19. The minimum Gasteiger partial charge on any atom is -0.486 e. The van der Waals surface area contributed by atoms with Gasteiger partial charge in [0.2, 0.25) is 0 Å². The third kappa shape index (κ3) is 3.34. The molecule has 0 bridgehead atoms. The molecule has 0 aliphatic rings. The first-order valence-electron chi connectivity index (χ1n) is 6.69. The van der Waals surface area contributed by atoms with Crippen LogP contribution in [-0.2, 0) is 6.61 Å². The van der Waals surface area contributed by atoms with Gasteiger partial charge in [-0.3, -0.25) is 0 Å². The summed E-state index contributed by atoms with van der Waals surface area (Å²) < 4.78 is 7.63. The smallest absolute Gasteiger partial charge is 0.165 e. The molecule has 0 fully saturated rings. The van der Waals surface area contributed by atoms with Crippen molar-refractivity contribution in [2.24, 2.45) is 0 Å². The maximum Gasteiger partial charge on any atom is 0.165 e. The molecule has 0 saturated carbocycles. The van der Waals surface area contributed by atoms with Gasteiger partial charge in [0.05, 0.1) is 0 Å². The van der Waals surface area contributed by atoms with E-state index in [1.54, 1.807) is 6.33 Å². The van der Waals surface area contributed by atoms with E-state index in [0.29, 0.717) is 18.6 Å². The van der Waals surface area contributed by atoms with Crippen molar-refractivity contribution >= 4 is 0 Å². The van der Waals surface area contributed by atoms with E-state index in [-0.39, 0.29) is 0 Å². The Kier molecular flexibility index (Phi) is 4.20. The van der Waals surface area contributed by atoms with Gasteiger partial charge in [0, 0.05) is 6.04 Å². The van der Waals surface area contributed by atoms with E-state index in [0.717, 1.165) is 11.6 Å². The number of rotatable bonds is 5. The molecule has 1 aromatic carbocycles. The molecule has 2 rings (SSSR count). The summed E-state index contributed by atoms with van der Waals surface area (Å²) in [6.07, 6.45) is 1.57. The second-order valence-corrected chi connectivity index (χ2v) is 5.23. The van der Waals surface area contributed by atoms with Gasteiger partial charge in [0.15, 0.2) is 5.82 Å². The van der Waals surface area contributed by atoms with Gasteiger partial charge in [-0.15, -0.1) is 0 Å². The van der Waals surface area contributed by atoms with Gasteiger partial charge in [0.1, 0.15) is 18.7 Å². The number of nitrogens with zero attached hydrogens (tertiary/aromatic N) is 3. The molecular weight excluding hydrogens is 238 g/mol. The molecule has 0 unspecified atom stereocenters. The Morgan fingerprint density at radius 3 is 2.37 bits per heavy atom. The summed E-state index contributed by atoms with van der Waals surface area (Å²) in [7, 11) is 0. The summed E-state index contributed by atoms with van der Waals surface area (Å²) in [5.41, 5.74) is 1.32. The molecule has 0 N–H and O–H groups in total. The predicted molar refractivity (Wildman–Crippen MR) is 75.3 cm³/mol. The minimum atomic E-state index is 0.296. The van der Waals surface area contributed by atoms with Crippen LogP contribution in [0.5, 0.6) is 5.75 Å². The van der Waals surface area contributed by atoms with Crippen molar-refractivity contribution in [2.45, 2.75) is 46.3 Å².